The molecule has 0 bridgehead atoms. The number of hydrogen-bond acceptors (Lipinski definition) is 4. The number of allylic oxidation sites excluding steroid dienone is 7. The Morgan fingerprint density at radius 3 is 2.62 bits per heavy atom. The molecule has 1 N–H and O–H groups in total. The van der Waals surface area contributed by atoms with Gasteiger partial charge in [-0.05, 0) is 63.2 Å². The van der Waals surface area contributed by atoms with Crippen LogP contribution in [0.1, 0.15) is 65.7 Å². The van der Waals surface area contributed by atoms with E-state index in [0.717, 1.165) is 24.1 Å². The molecule has 2 unspecified atom stereocenters. The average molecular weight is 435 g/mol. The summed E-state index contributed by atoms with van der Waals surface area (Å²) < 4.78 is 0. The number of rotatable bonds is 12. The first-order valence-electron chi connectivity index (χ1n) is 12.1. The van der Waals surface area contributed by atoms with E-state index in [4.69, 9.17) is 4.99 Å². The van der Waals surface area contributed by atoms with Gasteiger partial charge >= 0.3 is 0 Å². The molecule has 2 aliphatic carbocycles. The maximum Gasteiger partial charge on any atom is 0.0894 e. The normalized spacial score (nSPS) is 23.7. The maximum atomic E-state index is 4.85. The molecular formula is C28H42N4. The Labute approximate surface area is 196 Å². The number of aliphatic imine (C=N–C) groups is 2. The molecule has 1 saturated carbocycles. The van der Waals surface area contributed by atoms with Crippen LogP contribution in [-0.4, -0.2) is 36.1 Å². The molecule has 0 amide bonds. The summed E-state index contributed by atoms with van der Waals surface area (Å²) in [7, 11) is 0. The van der Waals surface area contributed by atoms with Gasteiger partial charge in [0.25, 0.3) is 0 Å². The minimum Gasteiger partial charge on any atom is -0.351 e. The molecular weight excluding hydrogens is 392 g/mol. The van der Waals surface area contributed by atoms with Crippen LogP contribution in [0.5, 0.6) is 0 Å². The van der Waals surface area contributed by atoms with Crippen molar-refractivity contribution in [2.75, 3.05) is 6.67 Å². The predicted molar refractivity (Wildman–Crippen MR) is 141 cm³/mol. The molecule has 0 aromatic rings. The van der Waals surface area contributed by atoms with Crippen LogP contribution in [0.25, 0.3) is 0 Å². The second-order valence-corrected chi connectivity index (χ2v) is 8.85. The summed E-state index contributed by atoms with van der Waals surface area (Å²) in [6, 6.07) is 0.911. The van der Waals surface area contributed by atoms with Crippen molar-refractivity contribution in [3.8, 4) is 0 Å². The van der Waals surface area contributed by atoms with E-state index >= 15 is 0 Å². The van der Waals surface area contributed by atoms with E-state index in [1.54, 1.807) is 6.20 Å². The van der Waals surface area contributed by atoms with Gasteiger partial charge < -0.3 is 4.90 Å². The highest BCUT2D eigenvalue weighted by atomic mass is 15.1. The topological polar surface area (TPSA) is 40.0 Å². The first kappa shape index (κ1) is 25.8. The molecule has 4 nitrogen and oxygen atoms in total. The van der Waals surface area contributed by atoms with Crippen LogP contribution in [0.2, 0.25) is 0 Å². The lowest BCUT2D eigenvalue weighted by Gasteiger charge is -2.41. The molecule has 4 heteroatoms. The Hall–Kier alpha value is -2.46. The van der Waals surface area contributed by atoms with Crippen LogP contribution >= 0.6 is 0 Å². The summed E-state index contributed by atoms with van der Waals surface area (Å²) in [5.41, 5.74) is 2.04. The molecule has 2 rings (SSSR count). The van der Waals surface area contributed by atoms with Crippen LogP contribution in [0.3, 0.4) is 0 Å². The zero-order valence-corrected chi connectivity index (χ0v) is 20.3. The summed E-state index contributed by atoms with van der Waals surface area (Å²) >= 11 is 0. The first-order chi connectivity index (χ1) is 15.6. The Morgan fingerprint density at radius 1 is 1.25 bits per heavy atom. The van der Waals surface area contributed by atoms with E-state index in [-0.39, 0.29) is 5.41 Å². The van der Waals surface area contributed by atoms with Gasteiger partial charge in [0.05, 0.1) is 12.4 Å². The molecule has 0 spiro atoms. The fourth-order valence-corrected chi connectivity index (χ4v) is 4.73. The molecule has 0 radical (unpaired) electrons. The second-order valence-electron chi connectivity index (χ2n) is 8.85. The lowest BCUT2D eigenvalue weighted by Crippen LogP contribution is -2.40. The van der Waals surface area contributed by atoms with Crippen molar-refractivity contribution in [2.45, 2.75) is 77.8 Å². The quantitative estimate of drug-likeness (QED) is 0.273. The summed E-state index contributed by atoms with van der Waals surface area (Å²) in [5, 5.41) is 3.60. The summed E-state index contributed by atoms with van der Waals surface area (Å²) in [5.74, 6) is 0. The van der Waals surface area contributed by atoms with Crippen LogP contribution in [0, 0.1) is 5.41 Å². The van der Waals surface area contributed by atoms with Gasteiger partial charge in [-0.1, -0.05) is 70.1 Å². The van der Waals surface area contributed by atoms with Gasteiger partial charge in [-0.3, -0.25) is 15.3 Å². The van der Waals surface area contributed by atoms with Gasteiger partial charge in [-0.2, -0.15) is 0 Å². The fourth-order valence-electron chi connectivity index (χ4n) is 4.73. The van der Waals surface area contributed by atoms with Crippen molar-refractivity contribution >= 4 is 12.4 Å². The summed E-state index contributed by atoms with van der Waals surface area (Å²) in [6.45, 7) is 14.9. The third kappa shape index (κ3) is 7.59. The summed E-state index contributed by atoms with van der Waals surface area (Å²) in [6.07, 6.45) is 29.3. The van der Waals surface area contributed by atoms with Crippen molar-refractivity contribution in [3.05, 3.63) is 73.3 Å². The minimum absolute atomic E-state index is 0.0750. The minimum atomic E-state index is 0.0750. The van der Waals surface area contributed by atoms with Crippen molar-refractivity contribution < 1.29 is 0 Å². The molecule has 2 aliphatic rings. The standard InChI is InChI=1S/C28H42N4/c1-6-24(26(17-21-29-5)31-23-30-25-15-11-9-12-16-25)18-22-32(8-3)27(7-2)28(4)19-13-10-14-20-28/h6,8,10,13-14,17-19,21-22,25,27,30H,3,5,7,9,11-12,15-16,20,23H2,1-2,4H3/b21-17-,22-18-,24-6+,31-26?. The van der Waals surface area contributed by atoms with Gasteiger partial charge in [-0.25, -0.2) is 0 Å². The van der Waals surface area contributed by atoms with Gasteiger partial charge in [0.15, 0.2) is 0 Å². The third-order valence-corrected chi connectivity index (χ3v) is 6.61. The average Bonchev–Trinajstić information content (AvgIpc) is 2.82. The van der Waals surface area contributed by atoms with E-state index in [1.807, 2.05) is 19.2 Å². The molecule has 1 fully saturated rings. The number of hydrogen-bond donors (Lipinski definition) is 1. The Bertz CT molecular complexity index is 777. The van der Waals surface area contributed by atoms with E-state index in [0.29, 0.717) is 18.8 Å². The Morgan fingerprint density at radius 2 is 2.03 bits per heavy atom. The van der Waals surface area contributed by atoms with Gasteiger partial charge in [0.2, 0.25) is 0 Å². The molecule has 0 aliphatic heterocycles. The van der Waals surface area contributed by atoms with Crippen molar-refractivity contribution in [3.63, 3.8) is 0 Å². The van der Waals surface area contributed by atoms with Crippen LogP contribution in [0.4, 0.5) is 0 Å². The lowest BCUT2D eigenvalue weighted by atomic mass is 9.75. The van der Waals surface area contributed by atoms with Crippen molar-refractivity contribution in [2.24, 2.45) is 15.4 Å². The van der Waals surface area contributed by atoms with E-state index in [2.05, 4.69) is 85.0 Å². The SMILES string of the molecule is C=CN(/C=C\C(=C/C)C(/C=C\N=C)=NCNC1CCCCC1)C(CC)C1(C)C=CC=CC1. The monoisotopic (exact) mass is 434 g/mol. The Balaban J connectivity index is 2.15. The second kappa shape index (κ2) is 13.8. The van der Waals surface area contributed by atoms with Crippen molar-refractivity contribution in [1.29, 1.82) is 0 Å². The molecule has 32 heavy (non-hydrogen) atoms. The smallest absolute Gasteiger partial charge is 0.0894 e. The van der Waals surface area contributed by atoms with Gasteiger partial charge in [0, 0.05) is 29.9 Å². The zero-order valence-electron chi connectivity index (χ0n) is 20.3. The molecule has 0 aromatic carbocycles. The third-order valence-electron chi connectivity index (χ3n) is 6.61. The Kier molecular flexibility index (Phi) is 11.2. The maximum absolute atomic E-state index is 4.85. The van der Waals surface area contributed by atoms with Gasteiger partial charge in [0.1, 0.15) is 0 Å². The molecule has 0 heterocycles. The molecule has 174 valence electrons. The van der Waals surface area contributed by atoms with E-state index in [9.17, 15) is 0 Å². The van der Waals surface area contributed by atoms with Crippen LogP contribution in [0.15, 0.2) is 83.3 Å². The molecule has 0 saturated heterocycles. The highest BCUT2D eigenvalue weighted by molar-refractivity contribution is 6.10. The molecule has 2 atom stereocenters. The number of nitrogens with zero attached hydrogens (tertiary/aromatic N) is 3. The fraction of sp³-hybridized carbons (Fsp3) is 0.500. The lowest BCUT2D eigenvalue weighted by molar-refractivity contribution is 0.195. The highest BCUT2D eigenvalue weighted by Gasteiger charge is 2.33. The largest absolute Gasteiger partial charge is 0.351 e. The van der Waals surface area contributed by atoms with Crippen LogP contribution in [-0.2, 0) is 0 Å². The first-order valence-corrected chi connectivity index (χ1v) is 12.1. The molecule has 0 aromatic heterocycles. The highest BCUT2D eigenvalue weighted by Crippen LogP contribution is 2.36. The predicted octanol–water partition coefficient (Wildman–Crippen LogP) is 6.73. The number of nitrogens with one attached hydrogen (secondary N) is 1. The van der Waals surface area contributed by atoms with Crippen LogP contribution < -0.4 is 5.32 Å². The van der Waals surface area contributed by atoms with Gasteiger partial charge in [-0.15, -0.1) is 0 Å². The van der Waals surface area contributed by atoms with Crippen molar-refractivity contribution in [1.82, 2.24) is 10.2 Å². The van der Waals surface area contributed by atoms with E-state index < -0.39 is 0 Å². The zero-order chi connectivity index (χ0) is 23.2. The van der Waals surface area contributed by atoms with E-state index in [1.165, 1.54) is 32.1 Å². The summed E-state index contributed by atoms with van der Waals surface area (Å²) in [4.78, 5) is 11.0.